The molecule has 0 spiro atoms. The number of nitrogens with one attached hydrogen (secondary N) is 2. The molecule has 1 aromatic rings. The molecule has 110 valence electrons. The average molecular weight is 278 g/mol. The van der Waals surface area contributed by atoms with Gasteiger partial charge in [-0.1, -0.05) is 13.3 Å². The topological polar surface area (TPSA) is 41.1 Å². The molecule has 1 heterocycles. The standard InChI is InChI=1S/C16H23FN2O/c1-3-7-16(8-4-9-18-11-16)15(20)19-13-5-6-14(17)12(2)10-13/h5-6,10,18H,3-4,7-9,11H2,1-2H3,(H,19,20). The molecule has 1 aromatic carbocycles. The molecule has 0 bridgehead atoms. The van der Waals surface area contributed by atoms with Gasteiger partial charge in [0.05, 0.1) is 5.41 Å². The fraction of sp³-hybridized carbons (Fsp3) is 0.562. The van der Waals surface area contributed by atoms with Crippen LogP contribution in [0.5, 0.6) is 0 Å². The molecule has 1 saturated heterocycles. The van der Waals surface area contributed by atoms with Gasteiger partial charge in [0.25, 0.3) is 0 Å². The zero-order valence-corrected chi connectivity index (χ0v) is 12.3. The van der Waals surface area contributed by atoms with Crippen molar-refractivity contribution in [3.63, 3.8) is 0 Å². The molecule has 1 amide bonds. The Balaban J connectivity index is 2.13. The second-order valence-electron chi connectivity index (χ2n) is 5.73. The fourth-order valence-electron chi connectivity index (χ4n) is 2.95. The number of hydrogen-bond donors (Lipinski definition) is 2. The summed E-state index contributed by atoms with van der Waals surface area (Å²) >= 11 is 0. The molecule has 3 nitrogen and oxygen atoms in total. The van der Waals surface area contributed by atoms with Crippen LogP contribution in [-0.4, -0.2) is 19.0 Å². The molecule has 1 aliphatic heterocycles. The third-order valence-electron chi connectivity index (χ3n) is 4.10. The van der Waals surface area contributed by atoms with Crippen LogP contribution in [0.3, 0.4) is 0 Å². The summed E-state index contributed by atoms with van der Waals surface area (Å²) < 4.78 is 13.3. The number of aryl methyl sites for hydroxylation is 1. The van der Waals surface area contributed by atoms with Crippen molar-refractivity contribution in [2.45, 2.75) is 39.5 Å². The van der Waals surface area contributed by atoms with E-state index in [0.717, 1.165) is 38.8 Å². The van der Waals surface area contributed by atoms with Crippen molar-refractivity contribution in [3.05, 3.63) is 29.6 Å². The minimum absolute atomic E-state index is 0.0533. The summed E-state index contributed by atoms with van der Waals surface area (Å²) in [5, 5.41) is 6.29. The lowest BCUT2D eigenvalue weighted by Gasteiger charge is -2.36. The molecule has 0 saturated carbocycles. The lowest BCUT2D eigenvalue weighted by Crippen LogP contribution is -2.48. The van der Waals surface area contributed by atoms with Gasteiger partial charge in [-0.25, -0.2) is 4.39 Å². The third kappa shape index (κ3) is 3.18. The van der Waals surface area contributed by atoms with Gasteiger partial charge in [0.15, 0.2) is 0 Å². The van der Waals surface area contributed by atoms with Crippen molar-refractivity contribution in [2.75, 3.05) is 18.4 Å². The van der Waals surface area contributed by atoms with E-state index in [9.17, 15) is 9.18 Å². The summed E-state index contributed by atoms with van der Waals surface area (Å²) in [7, 11) is 0. The maximum Gasteiger partial charge on any atom is 0.231 e. The zero-order valence-electron chi connectivity index (χ0n) is 12.3. The van der Waals surface area contributed by atoms with Crippen molar-refractivity contribution >= 4 is 11.6 Å². The maximum atomic E-state index is 13.3. The minimum atomic E-state index is -0.324. The Morgan fingerprint density at radius 3 is 2.90 bits per heavy atom. The van der Waals surface area contributed by atoms with E-state index in [-0.39, 0.29) is 17.1 Å². The highest BCUT2D eigenvalue weighted by Gasteiger charge is 2.38. The first-order valence-electron chi connectivity index (χ1n) is 7.36. The smallest absolute Gasteiger partial charge is 0.231 e. The Bertz CT molecular complexity index is 476. The van der Waals surface area contributed by atoms with E-state index < -0.39 is 0 Å². The van der Waals surface area contributed by atoms with Gasteiger partial charge in [0.1, 0.15) is 5.82 Å². The molecule has 0 aromatic heterocycles. The molecule has 1 aliphatic rings. The Kier molecular flexibility index (Phi) is 4.76. The van der Waals surface area contributed by atoms with E-state index in [1.54, 1.807) is 19.1 Å². The monoisotopic (exact) mass is 278 g/mol. The Morgan fingerprint density at radius 1 is 1.50 bits per heavy atom. The number of piperidine rings is 1. The van der Waals surface area contributed by atoms with Crippen molar-refractivity contribution in [3.8, 4) is 0 Å². The van der Waals surface area contributed by atoms with Gasteiger partial charge < -0.3 is 10.6 Å². The number of anilines is 1. The van der Waals surface area contributed by atoms with Gasteiger partial charge >= 0.3 is 0 Å². The predicted octanol–water partition coefficient (Wildman–Crippen LogP) is 3.24. The molecule has 20 heavy (non-hydrogen) atoms. The number of halogens is 1. The van der Waals surface area contributed by atoms with Crippen LogP contribution in [-0.2, 0) is 4.79 Å². The van der Waals surface area contributed by atoms with Crippen molar-refractivity contribution < 1.29 is 9.18 Å². The van der Waals surface area contributed by atoms with Gasteiger partial charge in [-0.15, -0.1) is 0 Å². The number of benzene rings is 1. The molecular weight excluding hydrogens is 255 g/mol. The van der Waals surface area contributed by atoms with E-state index >= 15 is 0 Å². The summed E-state index contributed by atoms with van der Waals surface area (Å²) in [5.74, 6) is -0.192. The Hall–Kier alpha value is -1.42. The predicted molar refractivity (Wildman–Crippen MR) is 79.2 cm³/mol. The van der Waals surface area contributed by atoms with Crippen LogP contribution in [0.15, 0.2) is 18.2 Å². The highest BCUT2D eigenvalue weighted by Crippen LogP contribution is 2.33. The number of carbonyl (C=O) groups is 1. The first-order valence-corrected chi connectivity index (χ1v) is 7.36. The minimum Gasteiger partial charge on any atom is -0.326 e. The van der Waals surface area contributed by atoms with Crippen LogP contribution < -0.4 is 10.6 Å². The molecular formula is C16H23FN2O. The maximum absolute atomic E-state index is 13.3. The molecule has 0 radical (unpaired) electrons. The normalized spacial score (nSPS) is 22.6. The number of hydrogen-bond acceptors (Lipinski definition) is 2. The molecule has 4 heteroatoms. The summed E-state index contributed by atoms with van der Waals surface area (Å²) in [6, 6.07) is 4.70. The van der Waals surface area contributed by atoms with Crippen LogP contribution in [0.2, 0.25) is 0 Å². The fourth-order valence-corrected chi connectivity index (χ4v) is 2.95. The lowest BCUT2D eigenvalue weighted by molar-refractivity contribution is -0.127. The van der Waals surface area contributed by atoms with Gasteiger partial charge in [-0.3, -0.25) is 4.79 Å². The third-order valence-corrected chi connectivity index (χ3v) is 4.10. The zero-order chi connectivity index (χ0) is 14.6. The van der Waals surface area contributed by atoms with Crippen LogP contribution >= 0.6 is 0 Å². The SMILES string of the molecule is CCCC1(C(=O)Nc2ccc(F)c(C)c2)CCCNC1. The number of rotatable bonds is 4. The summed E-state index contributed by atoms with van der Waals surface area (Å²) in [6.07, 6.45) is 3.80. The Labute approximate surface area is 120 Å². The second kappa shape index (κ2) is 6.35. The lowest BCUT2D eigenvalue weighted by atomic mass is 9.76. The van der Waals surface area contributed by atoms with Crippen LogP contribution in [0.1, 0.15) is 38.2 Å². The molecule has 1 atom stereocenters. The van der Waals surface area contributed by atoms with Crippen molar-refractivity contribution in [1.29, 1.82) is 0 Å². The highest BCUT2D eigenvalue weighted by atomic mass is 19.1. The molecule has 1 fully saturated rings. The van der Waals surface area contributed by atoms with E-state index in [1.165, 1.54) is 6.07 Å². The first-order chi connectivity index (χ1) is 9.57. The van der Waals surface area contributed by atoms with Gasteiger partial charge in [-0.05, 0) is 56.5 Å². The van der Waals surface area contributed by atoms with Gasteiger partial charge in [0.2, 0.25) is 5.91 Å². The van der Waals surface area contributed by atoms with Crippen LogP contribution in [0.25, 0.3) is 0 Å². The highest BCUT2D eigenvalue weighted by molar-refractivity contribution is 5.95. The van der Waals surface area contributed by atoms with Gasteiger partial charge in [-0.2, -0.15) is 0 Å². The summed E-state index contributed by atoms with van der Waals surface area (Å²) in [6.45, 7) is 5.52. The molecule has 2 rings (SSSR count). The quantitative estimate of drug-likeness (QED) is 0.887. The molecule has 2 N–H and O–H groups in total. The Morgan fingerprint density at radius 2 is 2.30 bits per heavy atom. The van der Waals surface area contributed by atoms with Crippen molar-refractivity contribution in [1.82, 2.24) is 5.32 Å². The first kappa shape index (κ1) is 15.0. The second-order valence-corrected chi connectivity index (χ2v) is 5.73. The van der Waals surface area contributed by atoms with E-state index in [0.29, 0.717) is 11.3 Å². The van der Waals surface area contributed by atoms with Crippen LogP contribution in [0, 0.1) is 18.2 Å². The summed E-state index contributed by atoms with van der Waals surface area (Å²) in [4.78, 5) is 12.6. The van der Waals surface area contributed by atoms with E-state index in [2.05, 4.69) is 17.6 Å². The van der Waals surface area contributed by atoms with E-state index in [1.807, 2.05) is 0 Å². The van der Waals surface area contributed by atoms with Crippen LogP contribution in [0.4, 0.5) is 10.1 Å². The van der Waals surface area contributed by atoms with Crippen molar-refractivity contribution in [2.24, 2.45) is 5.41 Å². The average Bonchev–Trinajstić information content (AvgIpc) is 2.44. The number of carbonyl (C=O) groups excluding carboxylic acids is 1. The van der Waals surface area contributed by atoms with E-state index in [4.69, 9.17) is 0 Å². The largest absolute Gasteiger partial charge is 0.326 e. The van der Waals surface area contributed by atoms with Gasteiger partial charge in [0, 0.05) is 12.2 Å². The number of amides is 1. The summed E-state index contributed by atoms with van der Waals surface area (Å²) in [5.41, 5.74) is 0.902. The molecule has 0 aliphatic carbocycles. The molecule has 1 unspecified atom stereocenters.